The van der Waals surface area contributed by atoms with Gasteiger partial charge in [-0.2, -0.15) is 0 Å². The van der Waals surface area contributed by atoms with E-state index in [1.54, 1.807) is 23.0 Å². The van der Waals surface area contributed by atoms with Gasteiger partial charge in [0.15, 0.2) is 0 Å². The molecule has 2 aliphatic rings. The Morgan fingerprint density at radius 2 is 2.00 bits per heavy atom. The van der Waals surface area contributed by atoms with Crippen molar-refractivity contribution in [2.75, 3.05) is 43.6 Å². The van der Waals surface area contributed by atoms with Crippen LogP contribution in [0.1, 0.15) is 30.4 Å². The maximum atomic E-state index is 13.6. The Kier molecular flexibility index (Phi) is 7.70. The van der Waals surface area contributed by atoms with Gasteiger partial charge in [0.2, 0.25) is 17.7 Å². The number of nitrogens with zero attached hydrogens (tertiary/aromatic N) is 2. The van der Waals surface area contributed by atoms with E-state index in [9.17, 15) is 14.4 Å². The molecule has 2 aliphatic heterocycles. The zero-order valence-electron chi connectivity index (χ0n) is 20.6. The molecule has 35 heavy (non-hydrogen) atoms. The molecule has 4 rings (SSSR count). The van der Waals surface area contributed by atoms with E-state index in [0.717, 1.165) is 29.7 Å². The molecule has 0 aliphatic carbocycles. The Bertz CT molecular complexity index is 1100. The Morgan fingerprint density at radius 1 is 1.20 bits per heavy atom. The molecule has 0 spiro atoms. The van der Waals surface area contributed by atoms with E-state index in [4.69, 9.17) is 9.47 Å². The first kappa shape index (κ1) is 24.7. The lowest BCUT2D eigenvalue weighted by Gasteiger charge is -2.27. The second-order valence-electron chi connectivity index (χ2n) is 9.26. The van der Waals surface area contributed by atoms with Crippen molar-refractivity contribution in [3.05, 3.63) is 53.6 Å². The first-order valence-electron chi connectivity index (χ1n) is 12.1. The lowest BCUT2D eigenvalue weighted by molar-refractivity contribution is -0.139. The average molecular weight is 480 g/mol. The SMILES string of the molecule is COc1cccc(N2CC(C(=O)N(CC(=O)Nc3cccc(C)c3C)CC3CCCO3)CC2=O)c1. The van der Waals surface area contributed by atoms with Gasteiger partial charge in [0.05, 0.1) is 25.7 Å². The Morgan fingerprint density at radius 3 is 2.74 bits per heavy atom. The van der Waals surface area contributed by atoms with Crippen molar-refractivity contribution in [3.8, 4) is 5.75 Å². The van der Waals surface area contributed by atoms with Gasteiger partial charge in [-0.05, 0) is 56.0 Å². The summed E-state index contributed by atoms with van der Waals surface area (Å²) < 4.78 is 11.0. The molecule has 0 saturated carbocycles. The third-order valence-corrected chi connectivity index (χ3v) is 6.81. The molecule has 3 amide bonds. The van der Waals surface area contributed by atoms with Crippen LogP contribution in [-0.4, -0.2) is 62.1 Å². The second kappa shape index (κ2) is 10.9. The quantitative estimate of drug-likeness (QED) is 0.628. The van der Waals surface area contributed by atoms with Crippen LogP contribution in [0.5, 0.6) is 5.75 Å². The predicted octanol–water partition coefficient (Wildman–Crippen LogP) is 3.31. The number of amides is 3. The summed E-state index contributed by atoms with van der Waals surface area (Å²) in [7, 11) is 1.57. The highest BCUT2D eigenvalue weighted by Crippen LogP contribution is 2.29. The third kappa shape index (κ3) is 5.82. The minimum atomic E-state index is -0.524. The molecule has 2 saturated heterocycles. The van der Waals surface area contributed by atoms with Gasteiger partial charge >= 0.3 is 0 Å². The van der Waals surface area contributed by atoms with Crippen molar-refractivity contribution >= 4 is 29.1 Å². The maximum absolute atomic E-state index is 13.6. The summed E-state index contributed by atoms with van der Waals surface area (Å²) in [5, 5.41) is 2.94. The van der Waals surface area contributed by atoms with Gasteiger partial charge in [0.25, 0.3) is 0 Å². The van der Waals surface area contributed by atoms with Crippen LogP contribution in [0.25, 0.3) is 0 Å². The van der Waals surface area contributed by atoms with Crippen molar-refractivity contribution in [2.24, 2.45) is 5.92 Å². The van der Waals surface area contributed by atoms with E-state index in [1.165, 1.54) is 0 Å². The van der Waals surface area contributed by atoms with Crippen LogP contribution >= 0.6 is 0 Å². The molecule has 0 bridgehead atoms. The van der Waals surface area contributed by atoms with Crippen LogP contribution in [0.3, 0.4) is 0 Å². The summed E-state index contributed by atoms with van der Waals surface area (Å²) in [4.78, 5) is 42.5. The fourth-order valence-electron chi connectivity index (χ4n) is 4.68. The van der Waals surface area contributed by atoms with Gasteiger partial charge in [0, 0.05) is 43.6 Å². The molecule has 2 heterocycles. The number of hydrogen-bond donors (Lipinski definition) is 1. The lowest BCUT2D eigenvalue weighted by atomic mass is 10.1. The van der Waals surface area contributed by atoms with Gasteiger partial charge in [0.1, 0.15) is 5.75 Å². The number of ether oxygens (including phenoxy) is 2. The minimum Gasteiger partial charge on any atom is -0.497 e. The maximum Gasteiger partial charge on any atom is 0.244 e. The average Bonchev–Trinajstić information content (AvgIpc) is 3.51. The number of carbonyl (C=O) groups is 3. The van der Waals surface area contributed by atoms with Crippen LogP contribution in [0.15, 0.2) is 42.5 Å². The molecular weight excluding hydrogens is 446 g/mol. The molecule has 8 nitrogen and oxygen atoms in total. The zero-order valence-corrected chi connectivity index (χ0v) is 20.6. The number of rotatable bonds is 8. The minimum absolute atomic E-state index is 0.0874. The number of anilines is 2. The molecular formula is C27H33N3O5. The van der Waals surface area contributed by atoms with Crippen molar-refractivity contribution < 1.29 is 23.9 Å². The number of methoxy groups -OCH3 is 1. The van der Waals surface area contributed by atoms with E-state index in [2.05, 4.69) is 5.32 Å². The molecule has 0 aromatic heterocycles. The van der Waals surface area contributed by atoms with Gasteiger partial charge in [-0.15, -0.1) is 0 Å². The smallest absolute Gasteiger partial charge is 0.244 e. The highest BCUT2D eigenvalue weighted by Gasteiger charge is 2.38. The monoisotopic (exact) mass is 479 g/mol. The van der Waals surface area contributed by atoms with E-state index in [0.29, 0.717) is 24.6 Å². The third-order valence-electron chi connectivity index (χ3n) is 6.81. The lowest BCUT2D eigenvalue weighted by Crippen LogP contribution is -2.45. The normalized spacial score (nSPS) is 19.6. The molecule has 2 fully saturated rings. The number of aryl methyl sites for hydroxylation is 1. The summed E-state index contributed by atoms with van der Waals surface area (Å²) in [6, 6.07) is 13.0. The molecule has 2 atom stereocenters. The van der Waals surface area contributed by atoms with E-state index in [-0.39, 0.29) is 43.3 Å². The predicted molar refractivity (Wildman–Crippen MR) is 134 cm³/mol. The largest absolute Gasteiger partial charge is 0.497 e. The summed E-state index contributed by atoms with van der Waals surface area (Å²) in [5.41, 5.74) is 3.51. The van der Waals surface area contributed by atoms with Crippen LogP contribution < -0.4 is 15.0 Å². The van der Waals surface area contributed by atoms with Gasteiger partial charge in [-0.25, -0.2) is 0 Å². The second-order valence-corrected chi connectivity index (χ2v) is 9.26. The Balaban J connectivity index is 1.47. The van der Waals surface area contributed by atoms with Crippen molar-refractivity contribution in [3.63, 3.8) is 0 Å². The number of hydrogen-bond acceptors (Lipinski definition) is 5. The highest BCUT2D eigenvalue weighted by molar-refractivity contribution is 6.01. The van der Waals surface area contributed by atoms with Gasteiger partial charge in [-0.3, -0.25) is 14.4 Å². The summed E-state index contributed by atoms with van der Waals surface area (Å²) in [6.45, 7) is 5.12. The van der Waals surface area contributed by atoms with Crippen molar-refractivity contribution in [1.29, 1.82) is 0 Å². The number of carbonyl (C=O) groups excluding carboxylic acids is 3. The zero-order chi connectivity index (χ0) is 24.9. The summed E-state index contributed by atoms with van der Waals surface area (Å²) in [5.74, 6) is -0.459. The molecule has 2 aromatic carbocycles. The molecule has 2 aromatic rings. The van der Waals surface area contributed by atoms with Crippen molar-refractivity contribution in [1.82, 2.24) is 4.90 Å². The first-order chi connectivity index (χ1) is 16.9. The Hall–Kier alpha value is -3.39. The highest BCUT2D eigenvalue weighted by atomic mass is 16.5. The molecule has 1 N–H and O–H groups in total. The number of nitrogens with one attached hydrogen (secondary N) is 1. The van der Waals surface area contributed by atoms with Gasteiger partial charge < -0.3 is 24.6 Å². The van der Waals surface area contributed by atoms with Gasteiger partial charge in [-0.1, -0.05) is 18.2 Å². The standard InChI is InChI=1S/C27H33N3O5/c1-18-7-4-11-24(19(18)2)28-25(31)17-29(16-23-10-6-12-35-23)27(33)20-13-26(32)30(15-20)21-8-5-9-22(14-21)34-3/h4-5,7-9,11,14,20,23H,6,10,12-13,15-17H2,1-3H3,(H,28,31). The fourth-order valence-corrected chi connectivity index (χ4v) is 4.68. The van der Waals surface area contributed by atoms with Crippen LogP contribution in [0, 0.1) is 19.8 Å². The molecule has 186 valence electrons. The topological polar surface area (TPSA) is 88.2 Å². The van der Waals surface area contributed by atoms with Crippen LogP contribution in [0.2, 0.25) is 0 Å². The summed E-state index contributed by atoms with van der Waals surface area (Å²) >= 11 is 0. The van der Waals surface area contributed by atoms with Crippen LogP contribution in [-0.2, 0) is 19.1 Å². The van der Waals surface area contributed by atoms with E-state index >= 15 is 0 Å². The molecule has 2 unspecified atom stereocenters. The summed E-state index contributed by atoms with van der Waals surface area (Å²) in [6.07, 6.45) is 1.80. The first-order valence-corrected chi connectivity index (χ1v) is 12.1. The molecule has 0 radical (unpaired) electrons. The molecule has 8 heteroatoms. The fraction of sp³-hybridized carbons (Fsp3) is 0.444. The Labute approximate surface area is 206 Å². The van der Waals surface area contributed by atoms with E-state index < -0.39 is 5.92 Å². The van der Waals surface area contributed by atoms with Crippen molar-refractivity contribution in [2.45, 2.75) is 39.2 Å². The van der Waals surface area contributed by atoms with E-state index in [1.807, 2.05) is 50.2 Å². The van der Waals surface area contributed by atoms with Crippen LogP contribution in [0.4, 0.5) is 11.4 Å². The number of benzene rings is 2.